The van der Waals surface area contributed by atoms with Crippen LogP contribution in [-0.2, 0) is 12.8 Å². The van der Waals surface area contributed by atoms with Crippen LogP contribution in [0.25, 0.3) is 5.65 Å². The van der Waals surface area contributed by atoms with Crippen LogP contribution in [0.1, 0.15) is 21.6 Å². The van der Waals surface area contributed by atoms with Crippen molar-refractivity contribution >= 4 is 11.6 Å². The number of rotatable bonds is 1. The molecule has 0 atom stereocenters. The summed E-state index contributed by atoms with van der Waals surface area (Å²) in [4.78, 5) is 19.0. The standard InChI is InChI=1S/C17H16N4O/c22-17(15-12-18-16-6-3-9-19-21(15)16)20-10-7-13-4-1-2-5-14(13)8-11-20/h1-6,9,12H,7-8,10-11H2. The molecule has 5 nitrogen and oxygen atoms in total. The highest BCUT2D eigenvalue weighted by molar-refractivity contribution is 5.93. The Kier molecular flexibility index (Phi) is 3.11. The van der Waals surface area contributed by atoms with E-state index in [1.54, 1.807) is 16.9 Å². The van der Waals surface area contributed by atoms with Crippen LogP contribution in [0.15, 0.2) is 48.8 Å². The molecule has 0 saturated heterocycles. The van der Waals surface area contributed by atoms with E-state index in [1.807, 2.05) is 17.0 Å². The van der Waals surface area contributed by atoms with Gasteiger partial charge in [0.15, 0.2) is 11.3 Å². The molecule has 0 spiro atoms. The molecule has 0 N–H and O–H groups in total. The van der Waals surface area contributed by atoms with Gasteiger partial charge in [0, 0.05) is 19.3 Å². The Morgan fingerprint density at radius 1 is 1.00 bits per heavy atom. The van der Waals surface area contributed by atoms with Gasteiger partial charge in [-0.1, -0.05) is 24.3 Å². The lowest BCUT2D eigenvalue weighted by Gasteiger charge is -2.19. The second kappa shape index (κ2) is 5.26. The molecule has 1 amide bonds. The van der Waals surface area contributed by atoms with Crippen molar-refractivity contribution in [1.29, 1.82) is 0 Å². The van der Waals surface area contributed by atoms with E-state index in [0.29, 0.717) is 11.3 Å². The Bertz CT molecular complexity index is 812. The topological polar surface area (TPSA) is 50.5 Å². The molecule has 0 fully saturated rings. The lowest BCUT2D eigenvalue weighted by atomic mass is 10.0. The molecule has 1 aliphatic rings. The van der Waals surface area contributed by atoms with Crippen molar-refractivity contribution in [3.8, 4) is 0 Å². The summed E-state index contributed by atoms with van der Waals surface area (Å²) in [5.74, 6) is -0.000920. The minimum atomic E-state index is -0.000920. The fourth-order valence-electron chi connectivity index (χ4n) is 3.01. The Morgan fingerprint density at radius 3 is 2.45 bits per heavy atom. The molecule has 3 heterocycles. The van der Waals surface area contributed by atoms with Gasteiger partial charge in [0.1, 0.15) is 0 Å². The molecule has 3 aromatic rings. The van der Waals surface area contributed by atoms with Crippen molar-refractivity contribution in [2.24, 2.45) is 0 Å². The predicted molar refractivity (Wildman–Crippen MR) is 82.7 cm³/mol. The van der Waals surface area contributed by atoms with E-state index in [1.165, 1.54) is 11.1 Å². The van der Waals surface area contributed by atoms with E-state index >= 15 is 0 Å². The number of hydrogen-bond donors (Lipinski definition) is 0. The number of imidazole rings is 1. The van der Waals surface area contributed by atoms with Gasteiger partial charge in [-0.3, -0.25) is 4.79 Å². The third kappa shape index (κ3) is 2.15. The van der Waals surface area contributed by atoms with Crippen LogP contribution in [0, 0.1) is 0 Å². The van der Waals surface area contributed by atoms with Gasteiger partial charge in [-0.05, 0) is 36.1 Å². The van der Waals surface area contributed by atoms with Crippen LogP contribution in [-0.4, -0.2) is 38.5 Å². The molecule has 110 valence electrons. The normalized spacial score (nSPS) is 14.6. The van der Waals surface area contributed by atoms with Crippen LogP contribution < -0.4 is 0 Å². The molecular formula is C17H16N4O. The first-order valence-electron chi connectivity index (χ1n) is 7.48. The first-order valence-corrected chi connectivity index (χ1v) is 7.48. The molecule has 0 bridgehead atoms. The molecule has 2 aromatic heterocycles. The van der Waals surface area contributed by atoms with Gasteiger partial charge in [0.2, 0.25) is 0 Å². The fraction of sp³-hybridized carbons (Fsp3) is 0.235. The number of amides is 1. The van der Waals surface area contributed by atoms with E-state index in [2.05, 4.69) is 34.3 Å². The average Bonchev–Trinajstić information content (AvgIpc) is 2.87. The van der Waals surface area contributed by atoms with Crippen molar-refractivity contribution in [3.63, 3.8) is 0 Å². The van der Waals surface area contributed by atoms with Gasteiger partial charge in [0.05, 0.1) is 6.20 Å². The minimum absolute atomic E-state index is 0.000920. The molecule has 0 saturated carbocycles. The molecule has 0 unspecified atom stereocenters. The monoisotopic (exact) mass is 292 g/mol. The van der Waals surface area contributed by atoms with Gasteiger partial charge in [0.25, 0.3) is 5.91 Å². The van der Waals surface area contributed by atoms with Crippen LogP contribution in [0.2, 0.25) is 0 Å². The van der Waals surface area contributed by atoms with Gasteiger partial charge in [-0.2, -0.15) is 5.10 Å². The van der Waals surface area contributed by atoms with Gasteiger partial charge in [-0.15, -0.1) is 0 Å². The highest BCUT2D eigenvalue weighted by Crippen LogP contribution is 2.17. The van der Waals surface area contributed by atoms with Gasteiger partial charge < -0.3 is 4.90 Å². The van der Waals surface area contributed by atoms with Crippen molar-refractivity contribution in [2.75, 3.05) is 13.1 Å². The maximum absolute atomic E-state index is 12.8. The Balaban J connectivity index is 1.62. The summed E-state index contributed by atoms with van der Waals surface area (Å²) in [5.41, 5.74) is 3.91. The van der Waals surface area contributed by atoms with Crippen molar-refractivity contribution in [3.05, 3.63) is 65.6 Å². The predicted octanol–water partition coefficient (Wildman–Crippen LogP) is 1.97. The number of carbonyl (C=O) groups is 1. The summed E-state index contributed by atoms with van der Waals surface area (Å²) < 4.78 is 1.61. The third-order valence-electron chi connectivity index (χ3n) is 4.20. The number of benzene rings is 1. The fourth-order valence-corrected chi connectivity index (χ4v) is 3.01. The number of aromatic nitrogens is 3. The van der Waals surface area contributed by atoms with Crippen LogP contribution in [0.4, 0.5) is 0 Å². The molecule has 1 aromatic carbocycles. The number of fused-ring (bicyclic) bond motifs is 2. The molecule has 0 aliphatic carbocycles. The summed E-state index contributed by atoms with van der Waals surface area (Å²) in [7, 11) is 0. The van der Waals surface area contributed by atoms with Crippen LogP contribution in [0.3, 0.4) is 0 Å². The highest BCUT2D eigenvalue weighted by Gasteiger charge is 2.22. The second-order valence-corrected chi connectivity index (χ2v) is 5.50. The summed E-state index contributed by atoms with van der Waals surface area (Å²) in [6, 6.07) is 12.1. The first kappa shape index (κ1) is 13.0. The molecule has 0 radical (unpaired) electrons. The first-order chi connectivity index (χ1) is 10.8. The number of nitrogens with zero attached hydrogens (tertiary/aromatic N) is 4. The van der Waals surface area contributed by atoms with Crippen molar-refractivity contribution in [2.45, 2.75) is 12.8 Å². The lowest BCUT2D eigenvalue weighted by molar-refractivity contribution is 0.0755. The van der Waals surface area contributed by atoms with Crippen LogP contribution in [0.5, 0.6) is 0 Å². The van der Waals surface area contributed by atoms with Crippen LogP contribution >= 0.6 is 0 Å². The summed E-state index contributed by atoms with van der Waals surface area (Å²) in [6.07, 6.45) is 5.07. The summed E-state index contributed by atoms with van der Waals surface area (Å²) in [6.45, 7) is 1.46. The quantitative estimate of drug-likeness (QED) is 0.689. The second-order valence-electron chi connectivity index (χ2n) is 5.50. The maximum Gasteiger partial charge on any atom is 0.274 e. The maximum atomic E-state index is 12.8. The lowest BCUT2D eigenvalue weighted by Crippen LogP contribution is -2.34. The smallest absolute Gasteiger partial charge is 0.274 e. The SMILES string of the molecule is O=C(c1cnc2cccnn12)N1CCc2ccccc2CC1. The van der Waals surface area contributed by atoms with Gasteiger partial charge >= 0.3 is 0 Å². The molecule has 1 aliphatic heterocycles. The Labute approximate surface area is 128 Å². The Morgan fingerprint density at radius 2 is 1.73 bits per heavy atom. The molecule has 22 heavy (non-hydrogen) atoms. The summed E-state index contributed by atoms with van der Waals surface area (Å²) >= 11 is 0. The average molecular weight is 292 g/mol. The largest absolute Gasteiger partial charge is 0.337 e. The van der Waals surface area contributed by atoms with Gasteiger partial charge in [-0.25, -0.2) is 9.50 Å². The van der Waals surface area contributed by atoms with Crippen molar-refractivity contribution in [1.82, 2.24) is 19.5 Å². The zero-order chi connectivity index (χ0) is 14.9. The zero-order valence-corrected chi connectivity index (χ0v) is 12.1. The van der Waals surface area contributed by atoms with E-state index in [-0.39, 0.29) is 5.91 Å². The minimum Gasteiger partial charge on any atom is -0.337 e. The molecule has 5 heteroatoms. The van der Waals surface area contributed by atoms with E-state index in [0.717, 1.165) is 25.9 Å². The number of carbonyl (C=O) groups excluding carboxylic acids is 1. The highest BCUT2D eigenvalue weighted by atomic mass is 16.2. The van der Waals surface area contributed by atoms with E-state index < -0.39 is 0 Å². The third-order valence-corrected chi connectivity index (χ3v) is 4.20. The number of hydrogen-bond acceptors (Lipinski definition) is 3. The van der Waals surface area contributed by atoms with Crippen molar-refractivity contribution < 1.29 is 4.79 Å². The van der Waals surface area contributed by atoms with E-state index in [9.17, 15) is 4.79 Å². The molecular weight excluding hydrogens is 276 g/mol. The summed E-state index contributed by atoms with van der Waals surface area (Å²) in [5, 5.41) is 4.23. The van der Waals surface area contributed by atoms with E-state index in [4.69, 9.17) is 0 Å². The zero-order valence-electron chi connectivity index (χ0n) is 12.1. The molecule has 4 rings (SSSR count). The Hall–Kier alpha value is -2.69.